The first-order valence-electron chi connectivity index (χ1n) is 12.8. The molecule has 0 amide bonds. The molecule has 0 unspecified atom stereocenters. The van der Waals surface area contributed by atoms with Crippen molar-refractivity contribution in [2.24, 2.45) is 5.41 Å². The maximum Gasteiger partial charge on any atom is 0.249 e. The minimum absolute atomic E-state index is 0.00632. The van der Waals surface area contributed by atoms with Gasteiger partial charge < -0.3 is 4.74 Å². The molecule has 1 saturated heterocycles. The lowest BCUT2D eigenvalue weighted by molar-refractivity contribution is -0.196. The topological polar surface area (TPSA) is 78.6 Å². The van der Waals surface area contributed by atoms with Gasteiger partial charge in [-0.05, 0) is 57.8 Å². The van der Waals surface area contributed by atoms with Crippen LogP contribution in [0.25, 0.3) is 11.2 Å². The van der Waals surface area contributed by atoms with Crippen LogP contribution in [0.1, 0.15) is 104 Å². The molecule has 184 valence electrons. The van der Waals surface area contributed by atoms with Gasteiger partial charge >= 0.3 is 0 Å². The third kappa shape index (κ3) is 3.74. The maximum absolute atomic E-state index is 13.6. The van der Waals surface area contributed by atoms with Gasteiger partial charge in [-0.25, -0.2) is 28.7 Å². The minimum Gasteiger partial charge on any atom is -0.373 e. The maximum atomic E-state index is 13.6. The molecule has 0 aromatic carbocycles. The molecule has 3 aromatic rings. The van der Waals surface area contributed by atoms with Crippen molar-refractivity contribution in [3.8, 4) is 0 Å². The Labute approximate surface area is 202 Å². The summed E-state index contributed by atoms with van der Waals surface area (Å²) < 4.78 is 35.4. The van der Waals surface area contributed by atoms with Crippen molar-refractivity contribution in [2.75, 3.05) is 6.61 Å². The zero-order valence-corrected chi connectivity index (χ0v) is 20.2. The molecule has 3 saturated carbocycles. The molecule has 1 spiro atoms. The first-order valence-corrected chi connectivity index (χ1v) is 12.8. The van der Waals surface area contributed by atoms with E-state index in [1.54, 1.807) is 0 Å². The van der Waals surface area contributed by atoms with Crippen LogP contribution < -0.4 is 0 Å². The van der Waals surface area contributed by atoms with E-state index in [0.29, 0.717) is 18.3 Å². The molecule has 9 heteroatoms. The largest absolute Gasteiger partial charge is 0.373 e. The SMILES string of the molecule is Cc1nc2nc([C@@H]3CCO[C@@H](c4cnn(C5CC5)c4)C3)nc(C3CC4(C3)CC(F)(F)C4)c2nc1C. The van der Waals surface area contributed by atoms with Gasteiger partial charge in [0.05, 0.1) is 35.4 Å². The van der Waals surface area contributed by atoms with Crippen molar-refractivity contribution in [2.45, 2.75) is 95.1 Å². The lowest BCUT2D eigenvalue weighted by Crippen LogP contribution is -2.53. The number of nitrogens with zero attached hydrogens (tertiary/aromatic N) is 6. The van der Waals surface area contributed by atoms with Crippen LogP contribution >= 0.6 is 0 Å². The Balaban J connectivity index is 1.19. The van der Waals surface area contributed by atoms with Crippen LogP contribution in [-0.4, -0.2) is 42.2 Å². The number of fused-ring (bicyclic) bond motifs is 1. The van der Waals surface area contributed by atoms with Gasteiger partial charge in [-0.15, -0.1) is 0 Å². The Morgan fingerprint density at radius 1 is 0.971 bits per heavy atom. The summed E-state index contributed by atoms with van der Waals surface area (Å²) >= 11 is 0. The van der Waals surface area contributed by atoms with Crippen LogP contribution in [0.4, 0.5) is 8.78 Å². The third-order valence-corrected chi connectivity index (χ3v) is 8.56. The Morgan fingerprint density at radius 2 is 1.74 bits per heavy atom. The molecular formula is C26H30F2N6O. The molecular weight excluding hydrogens is 450 g/mol. The highest BCUT2D eigenvalue weighted by Gasteiger charge is 2.62. The number of hydrogen-bond donors (Lipinski definition) is 0. The van der Waals surface area contributed by atoms with E-state index < -0.39 is 5.92 Å². The Kier molecular flexibility index (Phi) is 4.64. The van der Waals surface area contributed by atoms with E-state index in [9.17, 15) is 8.78 Å². The van der Waals surface area contributed by atoms with E-state index in [0.717, 1.165) is 59.7 Å². The summed E-state index contributed by atoms with van der Waals surface area (Å²) in [5.41, 5.74) is 4.86. The quantitative estimate of drug-likeness (QED) is 0.491. The standard InChI is InChI=1S/C26H30F2N6O/c1-14-15(2)31-24-22(30-14)21(17-8-25(9-17)12-26(27,28)13-25)32-23(33-24)16-5-6-35-20(7-16)18-10-29-34(11-18)19-3-4-19/h10-11,16-17,19-20H,3-9,12-13H2,1-2H3/t16-,20-/m1/s1. The molecule has 3 aromatic heterocycles. The molecule has 4 aliphatic rings. The highest BCUT2D eigenvalue weighted by Crippen LogP contribution is 2.67. The Morgan fingerprint density at radius 3 is 2.49 bits per heavy atom. The average Bonchev–Trinajstić information content (AvgIpc) is 3.52. The lowest BCUT2D eigenvalue weighted by Gasteiger charge is -2.57. The fourth-order valence-corrected chi connectivity index (χ4v) is 6.45. The predicted octanol–water partition coefficient (Wildman–Crippen LogP) is 5.50. The van der Waals surface area contributed by atoms with Gasteiger partial charge in [-0.2, -0.15) is 5.10 Å². The summed E-state index contributed by atoms with van der Waals surface area (Å²) in [5.74, 6) is -1.43. The molecule has 2 atom stereocenters. The highest BCUT2D eigenvalue weighted by molar-refractivity contribution is 5.74. The second-order valence-corrected chi connectivity index (χ2v) is 11.4. The fourth-order valence-electron chi connectivity index (χ4n) is 6.45. The number of aromatic nitrogens is 6. The van der Waals surface area contributed by atoms with Gasteiger partial charge in [0, 0.05) is 43.0 Å². The molecule has 4 heterocycles. The second-order valence-electron chi connectivity index (χ2n) is 11.4. The van der Waals surface area contributed by atoms with Crippen molar-refractivity contribution in [1.29, 1.82) is 0 Å². The molecule has 0 N–H and O–H groups in total. The summed E-state index contributed by atoms with van der Waals surface area (Å²) in [5, 5.41) is 4.54. The first kappa shape index (κ1) is 21.7. The van der Waals surface area contributed by atoms with E-state index in [2.05, 4.69) is 16.0 Å². The molecule has 0 radical (unpaired) electrons. The summed E-state index contributed by atoms with van der Waals surface area (Å²) in [6, 6.07) is 0.543. The first-order chi connectivity index (χ1) is 16.8. The summed E-state index contributed by atoms with van der Waals surface area (Å²) in [6.45, 7) is 4.53. The van der Waals surface area contributed by atoms with Gasteiger partial charge in [0.25, 0.3) is 0 Å². The highest BCUT2D eigenvalue weighted by atomic mass is 19.3. The minimum atomic E-state index is -2.50. The van der Waals surface area contributed by atoms with E-state index in [4.69, 9.17) is 24.7 Å². The summed E-state index contributed by atoms with van der Waals surface area (Å²) in [7, 11) is 0. The second kappa shape index (κ2) is 7.48. The molecule has 0 bridgehead atoms. The van der Waals surface area contributed by atoms with E-state index in [1.807, 2.05) is 20.0 Å². The van der Waals surface area contributed by atoms with Crippen molar-refractivity contribution in [1.82, 2.24) is 29.7 Å². The number of ether oxygens (including phenoxy) is 1. The summed E-state index contributed by atoms with van der Waals surface area (Å²) in [6.07, 6.45) is 9.57. The Hall–Kier alpha value is -2.55. The van der Waals surface area contributed by atoms with E-state index in [-0.39, 0.29) is 36.2 Å². The monoisotopic (exact) mass is 480 g/mol. The van der Waals surface area contributed by atoms with Crippen molar-refractivity contribution < 1.29 is 13.5 Å². The number of halogens is 2. The fraction of sp³-hybridized carbons (Fsp3) is 0.654. The zero-order valence-electron chi connectivity index (χ0n) is 20.2. The van der Waals surface area contributed by atoms with Crippen LogP contribution in [0.2, 0.25) is 0 Å². The smallest absolute Gasteiger partial charge is 0.249 e. The molecule has 1 aliphatic heterocycles. The molecule has 4 fully saturated rings. The molecule has 3 aliphatic carbocycles. The zero-order chi connectivity index (χ0) is 23.9. The van der Waals surface area contributed by atoms with E-state index in [1.165, 1.54) is 12.8 Å². The predicted molar refractivity (Wildman–Crippen MR) is 124 cm³/mol. The van der Waals surface area contributed by atoms with Crippen molar-refractivity contribution in [3.63, 3.8) is 0 Å². The van der Waals surface area contributed by atoms with Gasteiger partial charge in [-0.1, -0.05) is 0 Å². The lowest BCUT2D eigenvalue weighted by atomic mass is 9.49. The van der Waals surface area contributed by atoms with Gasteiger partial charge in [0.2, 0.25) is 5.92 Å². The van der Waals surface area contributed by atoms with Crippen LogP contribution in [0, 0.1) is 19.3 Å². The van der Waals surface area contributed by atoms with Gasteiger partial charge in [0.15, 0.2) is 5.65 Å². The van der Waals surface area contributed by atoms with Gasteiger partial charge in [0.1, 0.15) is 11.3 Å². The van der Waals surface area contributed by atoms with Crippen molar-refractivity contribution >= 4 is 11.2 Å². The van der Waals surface area contributed by atoms with Crippen LogP contribution in [0.3, 0.4) is 0 Å². The number of aryl methyl sites for hydroxylation is 2. The number of hydrogen-bond acceptors (Lipinski definition) is 6. The molecule has 7 rings (SSSR count). The normalized spacial score (nSPS) is 27.7. The number of rotatable bonds is 4. The summed E-state index contributed by atoms with van der Waals surface area (Å²) in [4.78, 5) is 19.5. The molecule has 35 heavy (non-hydrogen) atoms. The number of alkyl halides is 2. The van der Waals surface area contributed by atoms with E-state index >= 15 is 0 Å². The Bertz CT molecular complexity index is 1300. The molecule has 7 nitrogen and oxygen atoms in total. The van der Waals surface area contributed by atoms with Crippen LogP contribution in [-0.2, 0) is 4.74 Å². The average molecular weight is 481 g/mol. The van der Waals surface area contributed by atoms with Crippen LogP contribution in [0.5, 0.6) is 0 Å². The van der Waals surface area contributed by atoms with Crippen molar-refractivity contribution in [3.05, 3.63) is 40.9 Å². The van der Waals surface area contributed by atoms with Gasteiger partial charge in [-0.3, -0.25) is 4.68 Å². The van der Waals surface area contributed by atoms with Crippen LogP contribution in [0.15, 0.2) is 12.4 Å². The third-order valence-electron chi connectivity index (χ3n) is 8.56.